The number of carbonyl (C=O) groups excluding carboxylic acids is 1. The van der Waals surface area contributed by atoms with Gasteiger partial charge in [0.1, 0.15) is 0 Å². The first-order valence-electron chi connectivity index (χ1n) is 8.68. The minimum Gasteiger partial charge on any atom is -0.325 e. The van der Waals surface area contributed by atoms with Crippen LogP contribution in [-0.4, -0.2) is 56.3 Å². The molecule has 24 heavy (non-hydrogen) atoms. The molecule has 0 bridgehead atoms. The second-order valence-corrected chi connectivity index (χ2v) is 8.46. The molecule has 3 rings (SSSR count). The molecule has 0 aliphatic carbocycles. The summed E-state index contributed by atoms with van der Waals surface area (Å²) in [6, 6.07) is 6.47. The fourth-order valence-electron chi connectivity index (χ4n) is 3.31. The molecule has 1 aromatic carbocycles. The maximum Gasteiger partial charge on any atom is 0.243 e. The summed E-state index contributed by atoms with van der Waals surface area (Å²) in [5, 5.41) is 2.85. The first-order valence-corrected chi connectivity index (χ1v) is 10.1. The predicted molar refractivity (Wildman–Crippen MR) is 93.4 cm³/mol. The third-order valence-electron chi connectivity index (χ3n) is 4.66. The Balaban J connectivity index is 1.58. The molecule has 7 heteroatoms. The lowest BCUT2D eigenvalue weighted by molar-refractivity contribution is -0.117. The molecule has 2 fully saturated rings. The Hall–Kier alpha value is -1.44. The molecule has 0 aromatic heterocycles. The zero-order valence-corrected chi connectivity index (χ0v) is 14.7. The molecule has 6 nitrogen and oxygen atoms in total. The Morgan fingerprint density at radius 3 is 2.12 bits per heavy atom. The minimum atomic E-state index is -3.39. The molecular formula is C17H25N3O3S. The van der Waals surface area contributed by atoms with Crippen LogP contribution in [0.3, 0.4) is 0 Å². The molecule has 2 saturated heterocycles. The molecule has 0 saturated carbocycles. The van der Waals surface area contributed by atoms with E-state index >= 15 is 0 Å². The Kier molecular flexibility index (Phi) is 5.53. The lowest BCUT2D eigenvalue weighted by Crippen LogP contribution is -2.36. The van der Waals surface area contributed by atoms with E-state index in [1.807, 2.05) is 0 Å². The van der Waals surface area contributed by atoms with Crippen molar-refractivity contribution in [2.24, 2.45) is 0 Å². The van der Waals surface area contributed by atoms with E-state index in [1.54, 1.807) is 24.3 Å². The standard InChI is InChI=1S/C17H25N3O3S/c21-17(14-19-10-2-1-3-11-19)18-15-6-8-16(9-7-15)24(22,23)20-12-4-5-13-20/h6-9H,1-5,10-14H2,(H,18,21). The summed E-state index contributed by atoms with van der Waals surface area (Å²) in [5.41, 5.74) is 0.636. The highest BCUT2D eigenvalue weighted by Gasteiger charge is 2.26. The quantitative estimate of drug-likeness (QED) is 0.880. The lowest BCUT2D eigenvalue weighted by Gasteiger charge is -2.25. The summed E-state index contributed by atoms with van der Waals surface area (Å²) in [6.07, 6.45) is 5.38. The molecule has 2 aliphatic rings. The smallest absolute Gasteiger partial charge is 0.243 e. The predicted octanol–water partition coefficient (Wildman–Crippen LogP) is 1.90. The first-order chi connectivity index (χ1) is 11.6. The average molecular weight is 351 g/mol. The Bertz CT molecular complexity index is 661. The Labute approximate surface area is 143 Å². The van der Waals surface area contributed by atoms with E-state index in [9.17, 15) is 13.2 Å². The minimum absolute atomic E-state index is 0.0490. The fraction of sp³-hybridized carbons (Fsp3) is 0.588. The van der Waals surface area contributed by atoms with Gasteiger partial charge in [-0.05, 0) is 63.0 Å². The van der Waals surface area contributed by atoms with Gasteiger partial charge in [0.15, 0.2) is 0 Å². The summed E-state index contributed by atoms with van der Waals surface area (Å²) in [5.74, 6) is -0.0490. The molecule has 2 heterocycles. The average Bonchev–Trinajstić information content (AvgIpc) is 3.11. The summed E-state index contributed by atoms with van der Waals surface area (Å²) < 4.78 is 26.4. The number of nitrogens with one attached hydrogen (secondary N) is 1. The summed E-state index contributed by atoms with van der Waals surface area (Å²) >= 11 is 0. The summed E-state index contributed by atoms with van der Waals surface area (Å²) in [7, 11) is -3.39. The second kappa shape index (κ2) is 7.63. The number of sulfonamides is 1. The van der Waals surface area contributed by atoms with Gasteiger partial charge in [0, 0.05) is 18.8 Å². The van der Waals surface area contributed by atoms with E-state index in [0.717, 1.165) is 38.8 Å². The van der Waals surface area contributed by atoms with Crippen LogP contribution in [0, 0.1) is 0 Å². The topological polar surface area (TPSA) is 69.7 Å². The van der Waals surface area contributed by atoms with Crippen LogP contribution in [0.1, 0.15) is 32.1 Å². The van der Waals surface area contributed by atoms with Crippen LogP contribution >= 0.6 is 0 Å². The van der Waals surface area contributed by atoms with Crippen molar-refractivity contribution in [3.63, 3.8) is 0 Å². The monoisotopic (exact) mass is 351 g/mol. The third kappa shape index (κ3) is 4.15. The fourth-order valence-corrected chi connectivity index (χ4v) is 4.83. The molecule has 2 aliphatic heterocycles. The van der Waals surface area contributed by atoms with E-state index in [1.165, 1.54) is 10.7 Å². The van der Waals surface area contributed by atoms with Crippen molar-refractivity contribution >= 4 is 21.6 Å². The molecule has 1 N–H and O–H groups in total. The van der Waals surface area contributed by atoms with Crippen molar-refractivity contribution < 1.29 is 13.2 Å². The van der Waals surface area contributed by atoms with Gasteiger partial charge in [-0.25, -0.2) is 8.42 Å². The number of carbonyl (C=O) groups is 1. The van der Waals surface area contributed by atoms with E-state index in [2.05, 4.69) is 10.2 Å². The Morgan fingerprint density at radius 2 is 1.50 bits per heavy atom. The van der Waals surface area contributed by atoms with Gasteiger partial charge in [-0.1, -0.05) is 6.42 Å². The van der Waals surface area contributed by atoms with Crippen molar-refractivity contribution in [1.29, 1.82) is 0 Å². The Morgan fingerprint density at radius 1 is 0.917 bits per heavy atom. The highest BCUT2D eigenvalue weighted by Crippen LogP contribution is 2.22. The van der Waals surface area contributed by atoms with E-state index in [0.29, 0.717) is 30.2 Å². The number of anilines is 1. The lowest BCUT2D eigenvalue weighted by atomic mass is 10.1. The van der Waals surface area contributed by atoms with E-state index in [4.69, 9.17) is 0 Å². The number of rotatable bonds is 5. The maximum absolute atomic E-state index is 12.5. The zero-order valence-electron chi connectivity index (χ0n) is 13.9. The first kappa shape index (κ1) is 17.4. The van der Waals surface area contributed by atoms with Gasteiger partial charge in [-0.2, -0.15) is 4.31 Å². The van der Waals surface area contributed by atoms with Gasteiger partial charge >= 0.3 is 0 Å². The van der Waals surface area contributed by atoms with Crippen LogP contribution in [-0.2, 0) is 14.8 Å². The molecule has 132 valence electrons. The normalized spacial score (nSPS) is 20.2. The SMILES string of the molecule is O=C(CN1CCCCC1)Nc1ccc(S(=O)(=O)N2CCCC2)cc1. The van der Waals surface area contributed by atoms with Gasteiger partial charge in [-0.3, -0.25) is 9.69 Å². The van der Waals surface area contributed by atoms with Crippen LogP contribution in [0.15, 0.2) is 29.2 Å². The van der Waals surface area contributed by atoms with Crippen molar-refractivity contribution in [2.45, 2.75) is 37.0 Å². The van der Waals surface area contributed by atoms with Crippen LogP contribution in [0.5, 0.6) is 0 Å². The largest absolute Gasteiger partial charge is 0.325 e. The number of amides is 1. The maximum atomic E-state index is 12.5. The van der Waals surface area contributed by atoms with Crippen molar-refractivity contribution in [3.8, 4) is 0 Å². The number of hydrogen-bond acceptors (Lipinski definition) is 4. The van der Waals surface area contributed by atoms with Gasteiger partial charge in [0.05, 0.1) is 11.4 Å². The molecule has 0 radical (unpaired) electrons. The summed E-state index contributed by atoms with van der Waals surface area (Å²) in [4.78, 5) is 14.5. The molecule has 1 aromatic rings. The van der Waals surface area contributed by atoms with Crippen molar-refractivity contribution in [3.05, 3.63) is 24.3 Å². The number of hydrogen-bond donors (Lipinski definition) is 1. The van der Waals surface area contributed by atoms with E-state index < -0.39 is 10.0 Å². The highest BCUT2D eigenvalue weighted by atomic mass is 32.2. The van der Waals surface area contributed by atoms with Gasteiger partial charge in [-0.15, -0.1) is 0 Å². The van der Waals surface area contributed by atoms with Crippen LogP contribution in [0.2, 0.25) is 0 Å². The van der Waals surface area contributed by atoms with Gasteiger partial charge in [0.25, 0.3) is 0 Å². The number of nitrogens with zero attached hydrogens (tertiary/aromatic N) is 2. The van der Waals surface area contributed by atoms with Crippen LogP contribution < -0.4 is 5.32 Å². The molecular weight excluding hydrogens is 326 g/mol. The number of likely N-dealkylation sites (tertiary alicyclic amines) is 1. The van der Waals surface area contributed by atoms with Crippen molar-refractivity contribution in [2.75, 3.05) is 38.0 Å². The van der Waals surface area contributed by atoms with E-state index in [-0.39, 0.29) is 5.91 Å². The van der Waals surface area contributed by atoms with Crippen molar-refractivity contribution in [1.82, 2.24) is 9.21 Å². The van der Waals surface area contributed by atoms with Crippen LogP contribution in [0.25, 0.3) is 0 Å². The van der Waals surface area contributed by atoms with Gasteiger partial charge in [0.2, 0.25) is 15.9 Å². The third-order valence-corrected chi connectivity index (χ3v) is 6.57. The van der Waals surface area contributed by atoms with Gasteiger partial charge < -0.3 is 5.32 Å². The molecule has 1 amide bonds. The molecule has 0 atom stereocenters. The number of benzene rings is 1. The van der Waals surface area contributed by atoms with Crippen LogP contribution in [0.4, 0.5) is 5.69 Å². The second-order valence-electron chi connectivity index (χ2n) is 6.52. The highest BCUT2D eigenvalue weighted by molar-refractivity contribution is 7.89. The molecule has 0 spiro atoms. The number of piperidine rings is 1. The zero-order chi connectivity index (χ0) is 17.0. The molecule has 0 unspecified atom stereocenters. The summed E-state index contributed by atoms with van der Waals surface area (Å²) in [6.45, 7) is 3.53.